The zero-order valence-corrected chi connectivity index (χ0v) is 7.01. The van der Waals surface area contributed by atoms with Crippen molar-refractivity contribution in [3.05, 3.63) is 35.9 Å². The second-order valence-corrected chi connectivity index (χ2v) is 2.72. The van der Waals surface area contributed by atoms with E-state index < -0.39 is 0 Å². The predicted molar refractivity (Wildman–Crippen MR) is 52.6 cm³/mol. The van der Waals surface area contributed by atoms with Crippen molar-refractivity contribution in [1.82, 2.24) is 0 Å². The van der Waals surface area contributed by atoms with Crippen LogP contribution >= 0.6 is 0 Å². The van der Waals surface area contributed by atoms with Crippen LogP contribution in [-0.4, -0.2) is 13.0 Å². The molecular weight excluding hydrogens is 131 g/mol. The van der Waals surface area contributed by atoms with E-state index in [-0.39, 0.29) is 0 Å². The third-order valence-electron chi connectivity index (χ3n) is 1.73. The molecule has 0 aliphatic rings. The first-order chi connectivity index (χ1) is 5.34. The summed E-state index contributed by atoms with van der Waals surface area (Å²) >= 11 is 0. The quantitative estimate of drug-likeness (QED) is 0.568. The van der Waals surface area contributed by atoms with Crippen LogP contribution in [0.5, 0.6) is 0 Å². The Kier molecular flexibility index (Phi) is 3.09. The van der Waals surface area contributed by atoms with E-state index in [1.165, 1.54) is 17.4 Å². The van der Waals surface area contributed by atoms with Crippen molar-refractivity contribution in [3.8, 4) is 0 Å². The molecule has 0 saturated heterocycles. The van der Waals surface area contributed by atoms with Gasteiger partial charge in [0, 0.05) is 0 Å². The summed E-state index contributed by atoms with van der Waals surface area (Å²) in [6, 6.07) is 10.4. The number of rotatable bonds is 3. The maximum absolute atomic E-state index is 4.01. The summed E-state index contributed by atoms with van der Waals surface area (Å²) in [7, 11) is 4.01. The molecule has 0 nitrogen and oxygen atoms in total. The molecule has 0 bridgehead atoms. The summed E-state index contributed by atoms with van der Waals surface area (Å²) in [4.78, 5) is 0. The fraction of sp³-hybridized carbons (Fsp3) is 0.300. The monoisotopic (exact) mass is 144 g/mol. The van der Waals surface area contributed by atoms with Crippen LogP contribution in [0.1, 0.15) is 25.3 Å². The van der Waals surface area contributed by atoms with Crippen LogP contribution in [0.4, 0.5) is 0 Å². The number of hydrogen-bond donors (Lipinski definition) is 0. The first kappa shape index (κ1) is 8.25. The van der Waals surface area contributed by atoms with Gasteiger partial charge in [-0.05, 0) is 0 Å². The van der Waals surface area contributed by atoms with E-state index in [4.69, 9.17) is 0 Å². The van der Waals surface area contributed by atoms with Crippen molar-refractivity contribution < 1.29 is 0 Å². The molecule has 11 heavy (non-hydrogen) atoms. The average molecular weight is 144 g/mol. The molecule has 0 saturated carbocycles. The van der Waals surface area contributed by atoms with Crippen molar-refractivity contribution in [3.63, 3.8) is 0 Å². The zero-order chi connectivity index (χ0) is 8.10. The minimum atomic E-state index is 1.10. The second-order valence-electron chi connectivity index (χ2n) is 2.72. The Morgan fingerprint density at radius 1 is 1.27 bits per heavy atom. The van der Waals surface area contributed by atoms with Crippen molar-refractivity contribution in [2.75, 3.05) is 0 Å². The summed E-state index contributed by atoms with van der Waals surface area (Å²) < 4.78 is 0. The molecule has 0 heterocycles. The van der Waals surface area contributed by atoms with Gasteiger partial charge in [0.15, 0.2) is 0 Å². The van der Waals surface area contributed by atoms with Gasteiger partial charge in [0.1, 0.15) is 0 Å². The topological polar surface area (TPSA) is 0 Å². The van der Waals surface area contributed by atoms with Gasteiger partial charge in [-0.1, -0.05) is 0 Å². The van der Waals surface area contributed by atoms with E-state index in [0.717, 1.165) is 6.42 Å². The normalized spacial score (nSPS) is 9.45. The molecule has 1 aromatic rings. The van der Waals surface area contributed by atoms with Crippen molar-refractivity contribution in [1.29, 1.82) is 0 Å². The molecular formula is C10H13B. The Bertz CT molecular complexity index is 226. The summed E-state index contributed by atoms with van der Waals surface area (Å²) in [5.41, 5.74) is 2.52. The third-order valence-corrected chi connectivity index (χ3v) is 1.73. The molecule has 0 aliphatic carbocycles. The molecule has 1 heteroatoms. The first-order valence-corrected chi connectivity index (χ1v) is 4.07. The fourth-order valence-corrected chi connectivity index (χ4v) is 1.12. The van der Waals surface area contributed by atoms with Gasteiger partial charge in [-0.2, -0.15) is 0 Å². The predicted octanol–water partition coefficient (Wildman–Crippen LogP) is 1.91. The Morgan fingerprint density at radius 3 is 2.45 bits per heavy atom. The maximum atomic E-state index is 4.01. The molecule has 0 atom stereocenters. The molecule has 0 N–H and O–H groups in total. The Morgan fingerprint density at radius 2 is 1.91 bits per heavy atom. The number of benzene rings is 1. The molecule has 1 aromatic carbocycles. The van der Waals surface area contributed by atoms with Gasteiger partial charge in [-0.15, -0.1) is 0 Å². The Balaban J connectivity index is 2.69. The van der Waals surface area contributed by atoms with Gasteiger partial charge < -0.3 is 0 Å². The minimum absolute atomic E-state index is 1.10. The Labute approximate surface area is 69.3 Å². The van der Waals surface area contributed by atoms with Gasteiger partial charge in [-0.25, -0.2) is 0 Å². The first-order valence-electron chi connectivity index (χ1n) is 4.07. The standard InChI is InChI=1S/C10H13B/c1-2-6-10(11)9-7-4-3-5-8-9/h3-5,7-8,11H,2,6H2,1H3. The molecule has 0 aliphatic heterocycles. The van der Waals surface area contributed by atoms with E-state index in [1.54, 1.807) is 0 Å². The number of hydrogen-bond acceptors (Lipinski definition) is 0. The van der Waals surface area contributed by atoms with Crippen LogP contribution < -0.4 is 0 Å². The van der Waals surface area contributed by atoms with Gasteiger partial charge in [0.25, 0.3) is 0 Å². The van der Waals surface area contributed by atoms with Crippen LogP contribution in [0.3, 0.4) is 0 Å². The van der Waals surface area contributed by atoms with Crippen LogP contribution in [0.15, 0.2) is 30.3 Å². The molecule has 0 radical (unpaired) electrons. The summed E-state index contributed by atoms with van der Waals surface area (Å²) in [6.45, 7) is 2.17. The van der Waals surface area contributed by atoms with Crippen LogP contribution in [0.25, 0.3) is 0 Å². The molecule has 0 fully saturated rings. The van der Waals surface area contributed by atoms with Crippen LogP contribution in [0.2, 0.25) is 0 Å². The van der Waals surface area contributed by atoms with E-state index in [9.17, 15) is 0 Å². The fourth-order valence-electron chi connectivity index (χ4n) is 1.12. The average Bonchev–Trinajstić information content (AvgIpc) is 2.07. The van der Waals surface area contributed by atoms with Gasteiger partial charge in [0.05, 0.1) is 0 Å². The van der Waals surface area contributed by atoms with Crippen molar-refractivity contribution in [2.24, 2.45) is 0 Å². The zero-order valence-electron chi connectivity index (χ0n) is 7.01. The van der Waals surface area contributed by atoms with E-state index in [2.05, 4.69) is 38.7 Å². The van der Waals surface area contributed by atoms with Gasteiger partial charge in [-0.3, -0.25) is 0 Å². The molecule has 0 aromatic heterocycles. The second kappa shape index (κ2) is 4.12. The molecule has 56 valence electrons. The SMILES string of the molecule is B=C(CCC)c1ccccc1. The Hall–Kier alpha value is -0.845. The third kappa shape index (κ3) is 2.34. The molecule has 0 amide bonds. The van der Waals surface area contributed by atoms with Gasteiger partial charge >= 0.3 is 68.6 Å². The van der Waals surface area contributed by atoms with Crippen molar-refractivity contribution in [2.45, 2.75) is 19.8 Å². The van der Waals surface area contributed by atoms with E-state index in [1.807, 2.05) is 6.07 Å². The molecule has 0 spiro atoms. The van der Waals surface area contributed by atoms with Crippen molar-refractivity contribution >= 4 is 13.0 Å². The van der Waals surface area contributed by atoms with E-state index >= 15 is 0 Å². The van der Waals surface area contributed by atoms with E-state index in [0.29, 0.717) is 0 Å². The van der Waals surface area contributed by atoms with Crippen LogP contribution in [-0.2, 0) is 0 Å². The summed E-state index contributed by atoms with van der Waals surface area (Å²) in [5, 5.41) is 0. The molecule has 0 unspecified atom stereocenters. The summed E-state index contributed by atoms with van der Waals surface area (Å²) in [5.74, 6) is 0. The van der Waals surface area contributed by atoms with Crippen LogP contribution in [0, 0.1) is 0 Å². The molecule has 1 rings (SSSR count). The van der Waals surface area contributed by atoms with Gasteiger partial charge in [0.2, 0.25) is 0 Å². The summed E-state index contributed by atoms with van der Waals surface area (Å²) in [6.07, 6.45) is 2.28.